The summed E-state index contributed by atoms with van der Waals surface area (Å²) in [6, 6.07) is 0. The molecule has 0 aromatic heterocycles. The normalized spacial score (nSPS) is 24.4. The van der Waals surface area contributed by atoms with Crippen molar-refractivity contribution in [3.05, 3.63) is 23.8 Å². The Morgan fingerprint density at radius 3 is 2.68 bits per heavy atom. The van der Waals surface area contributed by atoms with E-state index in [4.69, 9.17) is 18.9 Å². The highest BCUT2D eigenvalue weighted by Gasteiger charge is 2.38. The second-order valence-electron chi connectivity index (χ2n) is 6.45. The minimum atomic E-state index is -0.802. The maximum atomic E-state index is 12.2. The molecule has 2 heterocycles. The van der Waals surface area contributed by atoms with Crippen molar-refractivity contribution in [2.24, 2.45) is 0 Å². The van der Waals surface area contributed by atoms with Crippen LogP contribution in [0.3, 0.4) is 0 Å². The number of allylic oxidation sites excluding steroid dienone is 2. The first kappa shape index (κ1) is 18.1. The van der Waals surface area contributed by atoms with E-state index in [-0.39, 0.29) is 5.91 Å². The van der Waals surface area contributed by atoms with Gasteiger partial charge in [0, 0.05) is 32.0 Å². The van der Waals surface area contributed by atoms with Gasteiger partial charge >= 0.3 is 5.97 Å². The van der Waals surface area contributed by atoms with E-state index in [2.05, 4.69) is 6.08 Å². The molecule has 0 saturated carbocycles. The zero-order valence-electron chi connectivity index (χ0n) is 14.6. The lowest BCUT2D eigenvalue weighted by molar-refractivity contribution is -0.162. The predicted octanol–water partition coefficient (Wildman–Crippen LogP) is 1.19. The molecule has 1 atom stereocenters. The number of nitrogens with zero attached hydrogens (tertiary/aromatic N) is 1. The van der Waals surface area contributed by atoms with Gasteiger partial charge in [0.1, 0.15) is 0 Å². The van der Waals surface area contributed by atoms with Gasteiger partial charge in [0.05, 0.1) is 26.4 Å². The minimum Gasteiger partial charge on any atom is -0.449 e. The van der Waals surface area contributed by atoms with Gasteiger partial charge in [-0.05, 0) is 18.9 Å². The highest BCUT2D eigenvalue weighted by molar-refractivity contribution is 5.87. The van der Waals surface area contributed by atoms with E-state index in [0.29, 0.717) is 45.9 Å². The van der Waals surface area contributed by atoms with Crippen LogP contribution >= 0.6 is 0 Å². The Kier molecular flexibility index (Phi) is 5.88. The summed E-state index contributed by atoms with van der Waals surface area (Å²) in [5, 5.41) is 0. The van der Waals surface area contributed by atoms with Crippen LogP contribution in [0.2, 0.25) is 0 Å². The van der Waals surface area contributed by atoms with Crippen molar-refractivity contribution in [3.63, 3.8) is 0 Å². The molecule has 0 aromatic carbocycles. The average molecular weight is 351 g/mol. The summed E-state index contributed by atoms with van der Waals surface area (Å²) in [5.41, 5.74) is 0.984. The zero-order valence-corrected chi connectivity index (χ0v) is 14.6. The summed E-state index contributed by atoms with van der Waals surface area (Å²) >= 11 is 0. The second kappa shape index (κ2) is 8.12. The third-order valence-corrected chi connectivity index (χ3v) is 4.62. The first-order valence-corrected chi connectivity index (χ1v) is 8.80. The molecule has 0 unspecified atom stereocenters. The first-order valence-electron chi connectivity index (χ1n) is 8.80. The maximum Gasteiger partial charge on any atom is 0.331 e. The molecule has 0 bridgehead atoms. The number of amides is 1. The number of ether oxygens (including phenoxy) is 4. The fourth-order valence-corrected chi connectivity index (χ4v) is 3.30. The minimum absolute atomic E-state index is 0.186. The number of esters is 1. The van der Waals surface area contributed by atoms with Crippen molar-refractivity contribution >= 4 is 11.9 Å². The maximum absolute atomic E-state index is 12.2. The Morgan fingerprint density at radius 1 is 1.24 bits per heavy atom. The molecule has 2 fully saturated rings. The second-order valence-corrected chi connectivity index (χ2v) is 6.45. The van der Waals surface area contributed by atoms with Gasteiger partial charge in [-0.15, -0.1) is 0 Å². The Balaban J connectivity index is 1.49. The van der Waals surface area contributed by atoms with Crippen LogP contribution in [0.25, 0.3) is 0 Å². The molecule has 0 N–H and O–H groups in total. The monoisotopic (exact) mass is 351 g/mol. The van der Waals surface area contributed by atoms with Crippen LogP contribution in [-0.2, 0) is 28.5 Å². The number of carbonyl (C=O) groups is 2. The summed E-state index contributed by atoms with van der Waals surface area (Å²) in [6.07, 6.45) is 6.66. The molecule has 7 nitrogen and oxygen atoms in total. The van der Waals surface area contributed by atoms with Crippen molar-refractivity contribution in [2.45, 2.75) is 38.1 Å². The lowest BCUT2D eigenvalue weighted by Gasteiger charge is -2.30. The van der Waals surface area contributed by atoms with E-state index < -0.39 is 17.9 Å². The van der Waals surface area contributed by atoms with Crippen LogP contribution in [0.5, 0.6) is 0 Å². The summed E-state index contributed by atoms with van der Waals surface area (Å²) in [5.74, 6) is -1.24. The van der Waals surface area contributed by atoms with E-state index in [1.165, 1.54) is 6.08 Å². The SMILES string of the molecule is C[C@@H](OC(=O)/C=C/C1=CCCC2(C1)OCCO2)C(=O)N1CCOCC1. The van der Waals surface area contributed by atoms with Crippen LogP contribution in [0, 0.1) is 0 Å². The van der Waals surface area contributed by atoms with Gasteiger partial charge in [0.2, 0.25) is 0 Å². The largest absolute Gasteiger partial charge is 0.449 e. The van der Waals surface area contributed by atoms with Crippen molar-refractivity contribution in [1.29, 1.82) is 0 Å². The van der Waals surface area contributed by atoms with Gasteiger partial charge in [-0.1, -0.05) is 12.2 Å². The first-order chi connectivity index (χ1) is 12.1. The molecule has 7 heteroatoms. The highest BCUT2D eigenvalue weighted by atomic mass is 16.7. The van der Waals surface area contributed by atoms with Gasteiger partial charge in [0.25, 0.3) is 5.91 Å². The smallest absolute Gasteiger partial charge is 0.331 e. The molecule has 2 saturated heterocycles. The molecule has 3 rings (SSSR count). The van der Waals surface area contributed by atoms with E-state index in [1.54, 1.807) is 17.9 Å². The number of carbonyl (C=O) groups excluding carboxylic acids is 2. The molecular weight excluding hydrogens is 326 g/mol. The number of rotatable bonds is 4. The molecule has 3 aliphatic rings. The van der Waals surface area contributed by atoms with Gasteiger partial charge in [0.15, 0.2) is 11.9 Å². The van der Waals surface area contributed by atoms with E-state index in [9.17, 15) is 9.59 Å². The highest BCUT2D eigenvalue weighted by Crippen LogP contribution is 2.36. The van der Waals surface area contributed by atoms with Crippen molar-refractivity contribution in [3.8, 4) is 0 Å². The lowest BCUT2D eigenvalue weighted by Crippen LogP contribution is -2.45. The van der Waals surface area contributed by atoms with Gasteiger partial charge in [-0.2, -0.15) is 0 Å². The zero-order chi connectivity index (χ0) is 17.7. The third kappa shape index (κ3) is 4.68. The van der Waals surface area contributed by atoms with Crippen LogP contribution in [0.4, 0.5) is 0 Å². The number of morpholine rings is 1. The van der Waals surface area contributed by atoms with Crippen LogP contribution in [0.15, 0.2) is 23.8 Å². The standard InChI is InChI=1S/C18H25NO6/c1-14(17(21)19-7-9-22-10-8-19)25-16(20)5-4-15-3-2-6-18(13-15)23-11-12-24-18/h3-5,14H,2,6-13H2,1H3/b5-4+/t14-/m1/s1. The quantitative estimate of drug-likeness (QED) is 0.559. The van der Waals surface area contributed by atoms with Gasteiger partial charge < -0.3 is 23.8 Å². The van der Waals surface area contributed by atoms with Crippen molar-refractivity contribution in [1.82, 2.24) is 4.90 Å². The summed E-state index contributed by atoms with van der Waals surface area (Å²) < 4.78 is 21.9. The molecular formula is C18H25NO6. The van der Waals surface area contributed by atoms with E-state index in [1.807, 2.05) is 0 Å². The average Bonchev–Trinajstić information content (AvgIpc) is 3.07. The van der Waals surface area contributed by atoms with Gasteiger partial charge in [-0.25, -0.2) is 4.79 Å². The van der Waals surface area contributed by atoms with Crippen LogP contribution in [0.1, 0.15) is 26.2 Å². The topological polar surface area (TPSA) is 74.3 Å². The third-order valence-electron chi connectivity index (χ3n) is 4.62. The Morgan fingerprint density at radius 2 is 1.96 bits per heavy atom. The predicted molar refractivity (Wildman–Crippen MR) is 88.7 cm³/mol. The Labute approximate surface area is 147 Å². The molecule has 1 amide bonds. The molecule has 0 radical (unpaired) electrons. The van der Waals surface area contributed by atoms with Crippen LogP contribution < -0.4 is 0 Å². The van der Waals surface area contributed by atoms with Crippen molar-refractivity contribution in [2.75, 3.05) is 39.5 Å². The van der Waals surface area contributed by atoms with Gasteiger partial charge in [-0.3, -0.25) is 4.79 Å². The van der Waals surface area contributed by atoms with Crippen molar-refractivity contribution < 1.29 is 28.5 Å². The molecule has 1 aliphatic carbocycles. The summed E-state index contributed by atoms with van der Waals surface area (Å²) in [4.78, 5) is 25.9. The Bertz CT molecular complexity index is 558. The molecule has 25 heavy (non-hydrogen) atoms. The molecule has 1 spiro atoms. The summed E-state index contributed by atoms with van der Waals surface area (Å²) in [6.45, 7) is 4.93. The van der Waals surface area contributed by atoms with Crippen LogP contribution in [-0.4, -0.2) is 68.2 Å². The molecule has 138 valence electrons. The fraction of sp³-hybridized carbons (Fsp3) is 0.667. The molecule has 2 aliphatic heterocycles. The number of hydrogen-bond donors (Lipinski definition) is 0. The fourth-order valence-electron chi connectivity index (χ4n) is 3.30. The Hall–Kier alpha value is -1.70. The molecule has 0 aromatic rings. The number of hydrogen-bond acceptors (Lipinski definition) is 6. The summed E-state index contributed by atoms with van der Waals surface area (Å²) in [7, 11) is 0. The van der Waals surface area contributed by atoms with E-state index in [0.717, 1.165) is 18.4 Å². The van der Waals surface area contributed by atoms with E-state index >= 15 is 0 Å². The lowest BCUT2D eigenvalue weighted by atomic mass is 9.93.